The minimum absolute atomic E-state index is 0.130. The number of thioether (sulfide) groups is 1. The van der Waals surface area contributed by atoms with Gasteiger partial charge in [-0.3, -0.25) is 0 Å². The lowest BCUT2D eigenvalue weighted by Gasteiger charge is -2.25. The van der Waals surface area contributed by atoms with Crippen LogP contribution in [0.2, 0.25) is 0 Å². The monoisotopic (exact) mass is 188 g/mol. The highest BCUT2D eigenvalue weighted by molar-refractivity contribution is 8.12. The maximum atomic E-state index is 10.9. The Labute approximate surface area is 78.1 Å². The van der Waals surface area contributed by atoms with E-state index in [2.05, 4.69) is 6.92 Å². The molecule has 1 fully saturated rings. The molecule has 3 heteroatoms. The molecule has 0 amide bonds. The first-order chi connectivity index (χ1) is 5.72. The molecule has 0 bridgehead atoms. The number of rotatable bonds is 1. The third-order valence-electron chi connectivity index (χ3n) is 2.39. The van der Waals surface area contributed by atoms with E-state index in [-0.39, 0.29) is 11.4 Å². The van der Waals surface area contributed by atoms with Gasteiger partial charge in [0.1, 0.15) is 6.10 Å². The zero-order valence-corrected chi connectivity index (χ0v) is 8.52. The Morgan fingerprint density at radius 1 is 1.33 bits per heavy atom. The van der Waals surface area contributed by atoms with Crippen LogP contribution >= 0.6 is 11.8 Å². The van der Waals surface area contributed by atoms with Crippen molar-refractivity contribution in [2.24, 2.45) is 5.92 Å². The molecule has 12 heavy (non-hydrogen) atoms. The molecule has 1 aliphatic rings. The van der Waals surface area contributed by atoms with Gasteiger partial charge >= 0.3 is 5.30 Å². The molecule has 0 saturated heterocycles. The quantitative estimate of drug-likeness (QED) is 0.591. The van der Waals surface area contributed by atoms with Crippen molar-refractivity contribution in [3.8, 4) is 0 Å². The molecule has 0 aliphatic heterocycles. The lowest BCUT2D eigenvalue weighted by molar-refractivity contribution is 0.0859. The van der Waals surface area contributed by atoms with Gasteiger partial charge in [-0.25, -0.2) is 4.79 Å². The zero-order chi connectivity index (χ0) is 8.97. The van der Waals surface area contributed by atoms with Crippen molar-refractivity contribution in [1.29, 1.82) is 0 Å². The molecule has 1 saturated carbocycles. The predicted octanol–water partition coefficient (Wildman–Crippen LogP) is 3.06. The second-order valence-electron chi connectivity index (χ2n) is 3.45. The largest absolute Gasteiger partial charge is 0.454 e. The van der Waals surface area contributed by atoms with Crippen molar-refractivity contribution in [3.63, 3.8) is 0 Å². The minimum atomic E-state index is -0.130. The van der Waals surface area contributed by atoms with Gasteiger partial charge in [0.05, 0.1) is 0 Å². The summed E-state index contributed by atoms with van der Waals surface area (Å²) >= 11 is 1.16. The van der Waals surface area contributed by atoms with Crippen molar-refractivity contribution in [1.82, 2.24) is 0 Å². The second-order valence-corrected chi connectivity index (χ2v) is 4.20. The number of hydrogen-bond donors (Lipinski definition) is 0. The summed E-state index contributed by atoms with van der Waals surface area (Å²) in [7, 11) is 0. The minimum Gasteiger partial charge on any atom is -0.454 e. The molecule has 0 atom stereocenters. The molecule has 0 aromatic carbocycles. The van der Waals surface area contributed by atoms with E-state index < -0.39 is 0 Å². The molecular weight excluding hydrogens is 172 g/mol. The van der Waals surface area contributed by atoms with Gasteiger partial charge in [0.25, 0.3) is 0 Å². The molecule has 1 aliphatic carbocycles. The van der Waals surface area contributed by atoms with Crippen LogP contribution < -0.4 is 0 Å². The van der Waals surface area contributed by atoms with Gasteiger partial charge in [-0.2, -0.15) is 0 Å². The summed E-state index contributed by atoms with van der Waals surface area (Å²) in [5.41, 5.74) is 0. The summed E-state index contributed by atoms with van der Waals surface area (Å²) in [5, 5.41) is -0.130. The average molecular weight is 188 g/mol. The van der Waals surface area contributed by atoms with Crippen LogP contribution in [0.25, 0.3) is 0 Å². The Hall–Kier alpha value is -0.180. The van der Waals surface area contributed by atoms with Crippen molar-refractivity contribution < 1.29 is 9.53 Å². The molecule has 0 aromatic rings. The van der Waals surface area contributed by atoms with E-state index in [4.69, 9.17) is 4.74 Å². The Kier molecular flexibility index (Phi) is 3.92. The molecule has 0 radical (unpaired) electrons. The highest BCUT2D eigenvalue weighted by atomic mass is 32.2. The summed E-state index contributed by atoms with van der Waals surface area (Å²) in [6, 6.07) is 0. The van der Waals surface area contributed by atoms with Gasteiger partial charge in [0.15, 0.2) is 0 Å². The van der Waals surface area contributed by atoms with Crippen LogP contribution in [0, 0.1) is 5.92 Å². The van der Waals surface area contributed by atoms with Crippen LogP contribution in [0.4, 0.5) is 4.79 Å². The molecular formula is C9H16O2S. The third kappa shape index (κ3) is 3.05. The molecule has 0 unspecified atom stereocenters. The number of ether oxygens (including phenoxy) is 1. The fraction of sp³-hybridized carbons (Fsp3) is 0.889. The van der Waals surface area contributed by atoms with E-state index in [0.717, 1.165) is 30.5 Å². The first kappa shape index (κ1) is 9.90. The normalized spacial score (nSPS) is 29.8. The van der Waals surface area contributed by atoms with E-state index in [0.29, 0.717) is 0 Å². The highest BCUT2D eigenvalue weighted by Crippen LogP contribution is 2.26. The van der Waals surface area contributed by atoms with Crippen LogP contribution in [0.3, 0.4) is 0 Å². The van der Waals surface area contributed by atoms with E-state index in [1.165, 1.54) is 12.8 Å². The van der Waals surface area contributed by atoms with Crippen LogP contribution in [-0.2, 0) is 4.74 Å². The van der Waals surface area contributed by atoms with Crippen molar-refractivity contribution in [3.05, 3.63) is 0 Å². The van der Waals surface area contributed by atoms with Crippen molar-refractivity contribution >= 4 is 17.1 Å². The zero-order valence-electron chi connectivity index (χ0n) is 7.71. The third-order valence-corrected chi connectivity index (χ3v) is 2.82. The SMILES string of the molecule is CSC(=O)OC1CCC(C)CC1. The fourth-order valence-electron chi connectivity index (χ4n) is 1.53. The van der Waals surface area contributed by atoms with Gasteiger partial charge < -0.3 is 4.74 Å². The number of carbonyl (C=O) groups is 1. The van der Waals surface area contributed by atoms with Gasteiger partial charge in [-0.1, -0.05) is 6.92 Å². The van der Waals surface area contributed by atoms with E-state index in [1.54, 1.807) is 6.26 Å². The second kappa shape index (κ2) is 4.75. The first-order valence-corrected chi connectivity index (χ1v) is 5.69. The molecule has 0 spiro atoms. The van der Waals surface area contributed by atoms with Crippen LogP contribution in [-0.4, -0.2) is 17.7 Å². The molecule has 0 aromatic heterocycles. The van der Waals surface area contributed by atoms with Crippen LogP contribution in [0.15, 0.2) is 0 Å². The fourth-order valence-corrected chi connectivity index (χ4v) is 1.76. The Morgan fingerprint density at radius 3 is 2.42 bits per heavy atom. The Morgan fingerprint density at radius 2 is 1.92 bits per heavy atom. The van der Waals surface area contributed by atoms with Crippen molar-refractivity contribution in [2.75, 3.05) is 6.26 Å². The number of carbonyl (C=O) groups excluding carboxylic acids is 1. The lowest BCUT2D eigenvalue weighted by atomic mass is 9.89. The van der Waals surface area contributed by atoms with Gasteiger partial charge in [0.2, 0.25) is 0 Å². The van der Waals surface area contributed by atoms with Crippen LogP contribution in [0.1, 0.15) is 32.6 Å². The molecule has 1 rings (SSSR count). The summed E-state index contributed by atoms with van der Waals surface area (Å²) in [6.45, 7) is 2.26. The van der Waals surface area contributed by atoms with E-state index in [9.17, 15) is 4.79 Å². The average Bonchev–Trinajstić information content (AvgIpc) is 2.09. The maximum Gasteiger partial charge on any atom is 0.367 e. The lowest BCUT2D eigenvalue weighted by Crippen LogP contribution is -2.21. The van der Waals surface area contributed by atoms with Crippen LogP contribution in [0.5, 0.6) is 0 Å². The van der Waals surface area contributed by atoms with Gasteiger partial charge in [-0.15, -0.1) is 0 Å². The summed E-state index contributed by atoms with van der Waals surface area (Å²) in [5.74, 6) is 0.814. The maximum absolute atomic E-state index is 10.9. The summed E-state index contributed by atoms with van der Waals surface area (Å²) < 4.78 is 5.21. The van der Waals surface area contributed by atoms with Gasteiger partial charge in [0, 0.05) is 0 Å². The van der Waals surface area contributed by atoms with E-state index in [1.807, 2.05) is 0 Å². The molecule has 0 heterocycles. The number of hydrogen-bond acceptors (Lipinski definition) is 3. The Bertz CT molecular complexity index is 151. The standard InChI is InChI=1S/C9H16O2S/c1-7-3-5-8(6-4-7)11-9(10)12-2/h7-8H,3-6H2,1-2H3. The van der Waals surface area contributed by atoms with Gasteiger partial charge in [-0.05, 0) is 49.6 Å². The first-order valence-electron chi connectivity index (χ1n) is 4.47. The van der Waals surface area contributed by atoms with E-state index >= 15 is 0 Å². The molecule has 0 N–H and O–H groups in total. The summed E-state index contributed by atoms with van der Waals surface area (Å²) in [6.07, 6.45) is 6.45. The smallest absolute Gasteiger partial charge is 0.367 e. The molecule has 70 valence electrons. The molecule has 2 nitrogen and oxygen atoms in total. The predicted molar refractivity (Wildman–Crippen MR) is 51.4 cm³/mol. The highest BCUT2D eigenvalue weighted by Gasteiger charge is 2.20. The Balaban J connectivity index is 2.21. The van der Waals surface area contributed by atoms with Crippen molar-refractivity contribution in [2.45, 2.75) is 38.7 Å². The summed E-state index contributed by atoms with van der Waals surface area (Å²) in [4.78, 5) is 10.9. The topological polar surface area (TPSA) is 26.3 Å².